The van der Waals surface area contributed by atoms with E-state index in [-0.39, 0.29) is 43.0 Å². The number of hydrogen-bond donors (Lipinski definition) is 0. The molecule has 139 valence electrons. The Balaban J connectivity index is -0.0000000675. The van der Waals surface area contributed by atoms with Gasteiger partial charge in [-0.05, 0) is 0 Å². The van der Waals surface area contributed by atoms with Crippen LogP contribution < -0.4 is 29.4 Å². The van der Waals surface area contributed by atoms with Crippen molar-refractivity contribution in [1.29, 1.82) is 0 Å². The van der Waals surface area contributed by atoms with Crippen LogP contribution in [0, 0.1) is 0 Å². The fourth-order valence-corrected chi connectivity index (χ4v) is 1.84. The van der Waals surface area contributed by atoms with Gasteiger partial charge in [0.25, 0.3) is 0 Å². The molecule has 0 saturated heterocycles. The minimum absolute atomic E-state index is 0. The molecule has 0 aliphatic carbocycles. The van der Waals surface area contributed by atoms with E-state index in [0.29, 0.717) is 0 Å². The third-order valence-electron chi connectivity index (χ3n) is 0.500. The molecular weight excluding hydrogens is 576 g/mol. The zero-order valence-corrected chi connectivity index (χ0v) is 19.5. The molecule has 23 heavy (non-hydrogen) atoms. The summed E-state index contributed by atoms with van der Waals surface area (Å²) >= 11 is 0. The van der Waals surface area contributed by atoms with E-state index in [1.165, 1.54) is 0 Å². The first-order chi connectivity index (χ1) is 9.38. The molecule has 0 aromatic rings. The summed E-state index contributed by atoms with van der Waals surface area (Å²) in [5.41, 5.74) is 0. The van der Waals surface area contributed by atoms with Gasteiger partial charge in [0.1, 0.15) is 49.5 Å². The van der Waals surface area contributed by atoms with Crippen molar-refractivity contribution in [3.63, 3.8) is 0 Å². The van der Waals surface area contributed by atoms with E-state index in [0.717, 1.165) is 0 Å². The van der Waals surface area contributed by atoms with Gasteiger partial charge in [-0.3, -0.25) is 12.9 Å². The minimum Gasteiger partial charge on any atom is -0.781 e. The van der Waals surface area contributed by atoms with Gasteiger partial charge in [0, 0.05) is 0 Å². The van der Waals surface area contributed by atoms with Crippen molar-refractivity contribution in [3.8, 4) is 0 Å². The first-order valence-corrected chi connectivity index (χ1v) is 11.0. The van der Waals surface area contributed by atoms with Crippen LogP contribution in [0.5, 0.6) is 0 Å². The van der Waals surface area contributed by atoms with Crippen LogP contribution in [-0.2, 0) is 83.3 Å². The molecule has 6 atom stereocenters. The van der Waals surface area contributed by atoms with E-state index in [1.807, 2.05) is 0 Å². The summed E-state index contributed by atoms with van der Waals surface area (Å²) in [7, 11) is -21.1. The molecule has 0 aliphatic rings. The molecule has 0 heterocycles. The Morgan fingerprint density at radius 3 is 0.522 bits per heavy atom. The summed E-state index contributed by atoms with van der Waals surface area (Å²) < 4.78 is 65.4. The van der Waals surface area contributed by atoms with Crippen LogP contribution in [0.1, 0.15) is 0 Å². The molecule has 0 spiro atoms. The Bertz CT molecular complexity index is 320. The standard InChI is InChI=1S/Co.3H4O5P2.Zr/c;3*1-6(2)5-7(3)4;/h;3*6-7H,(H,1,2)(H,3,4);/q+2;;;;+4/p-6. The van der Waals surface area contributed by atoms with Crippen LogP contribution in [0.15, 0.2) is 0 Å². The minimum atomic E-state index is -3.51. The second kappa shape index (κ2) is 24.4. The molecule has 6 unspecified atom stereocenters. The van der Waals surface area contributed by atoms with Crippen LogP contribution >= 0.6 is 49.5 Å². The largest absolute Gasteiger partial charge is 4.00 e. The van der Waals surface area contributed by atoms with Crippen molar-refractivity contribution in [3.05, 3.63) is 0 Å². The monoisotopic (exact) mass is 581 g/mol. The second-order valence-electron chi connectivity index (χ2n) is 1.81. The average molecular weight is 582 g/mol. The maximum absolute atomic E-state index is 9.29. The zero-order valence-electron chi connectivity index (χ0n) is 9.96. The van der Waals surface area contributed by atoms with E-state index >= 15 is 0 Å². The van der Waals surface area contributed by atoms with E-state index in [1.54, 1.807) is 0 Å². The molecule has 0 saturated carbocycles. The number of hydrogen-bond acceptors (Lipinski definition) is 15. The first kappa shape index (κ1) is 36.3. The molecule has 0 aromatic carbocycles. The van der Waals surface area contributed by atoms with Gasteiger partial charge < -0.3 is 56.8 Å². The number of rotatable bonds is 6. The summed E-state index contributed by atoms with van der Waals surface area (Å²) in [5, 5.41) is 0. The SMILES string of the molecule is O=[PH]([O-])O[PH](=O)[O-].O=[PH]([O-])O[PH](=O)[O-].O=[PH]([O-])O[PH](=O)[O-].[Co+2].[Zr+4]. The Labute approximate surface area is 161 Å². The molecule has 0 N–H and O–H groups in total. The van der Waals surface area contributed by atoms with Gasteiger partial charge in [-0.1, -0.05) is 0 Å². The molecule has 23 heteroatoms. The summed E-state index contributed by atoms with van der Waals surface area (Å²) in [6.07, 6.45) is 0. The molecule has 0 rings (SSSR count). The third-order valence-corrected chi connectivity index (χ3v) is 4.50. The molecule has 0 bridgehead atoms. The normalized spacial score (nSPS) is 17.0. The van der Waals surface area contributed by atoms with E-state index in [2.05, 4.69) is 12.9 Å². The van der Waals surface area contributed by atoms with E-state index in [4.69, 9.17) is 0 Å². The molecular formula is H6CoO15P6Zr. The Hall–Kier alpha value is 2.41. The molecule has 0 aliphatic heterocycles. The van der Waals surface area contributed by atoms with Crippen LogP contribution in [0.3, 0.4) is 0 Å². The molecule has 0 aromatic heterocycles. The molecule has 0 fully saturated rings. The van der Waals surface area contributed by atoms with Crippen molar-refractivity contribution in [2.75, 3.05) is 0 Å². The molecule has 15 nitrogen and oxygen atoms in total. The van der Waals surface area contributed by atoms with Crippen LogP contribution in [-0.4, -0.2) is 0 Å². The van der Waals surface area contributed by atoms with Crippen molar-refractivity contribution >= 4 is 49.5 Å². The summed E-state index contributed by atoms with van der Waals surface area (Å²) in [6.45, 7) is 0. The zero-order chi connectivity index (χ0) is 17.6. The van der Waals surface area contributed by atoms with Gasteiger partial charge in [-0.2, -0.15) is 0 Å². The van der Waals surface area contributed by atoms with E-state index in [9.17, 15) is 56.8 Å². The smallest absolute Gasteiger partial charge is 0.781 e. The van der Waals surface area contributed by atoms with Gasteiger partial charge in [0.2, 0.25) is 0 Å². The fourth-order valence-electron chi connectivity index (χ4n) is 0.204. The maximum atomic E-state index is 9.29. The quantitative estimate of drug-likeness (QED) is 0.267. The molecule has 1 radical (unpaired) electrons. The van der Waals surface area contributed by atoms with Crippen molar-refractivity contribution in [1.82, 2.24) is 0 Å². The first-order valence-electron chi connectivity index (χ1n) is 3.67. The topological polar surface area (TPSA) is 268 Å². The summed E-state index contributed by atoms with van der Waals surface area (Å²) in [6, 6.07) is 0. The van der Waals surface area contributed by atoms with Gasteiger partial charge >= 0.3 is 43.0 Å². The van der Waals surface area contributed by atoms with Crippen LogP contribution in [0.4, 0.5) is 0 Å². The Morgan fingerprint density at radius 1 is 0.435 bits per heavy atom. The summed E-state index contributed by atoms with van der Waals surface area (Å²) in [5.74, 6) is 0. The molecule has 0 amide bonds. The van der Waals surface area contributed by atoms with Gasteiger partial charge in [0.05, 0.1) is 0 Å². The maximum Gasteiger partial charge on any atom is 4.00 e. The van der Waals surface area contributed by atoms with Gasteiger partial charge in [0.15, 0.2) is 0 Å². The summed E-state index contributed by atoms with van der Waals surface area (Å²) in [4.78, 5) is 55.7. The van der Waals surface area contributed by atoms with Crippen molar-refractivity contribution < 1.29 is 113 Å². The average Bonchev–Trinajstić information content (AvgIpc) is 2.10. The van der Waals surface area contributed by atoms with Crippen LogP contribution in [0.25, 0.3) is 0 Å². The van der Waals surface area contributed by atoms with Crippen molar-refractivity contribution in [2.45, 2.75) is 0 Å². The predicted molar refractivity (Wildman–Crippen MR) is 57.3 cm³/mol. The van der Waals surface area contributed by atoms with Crippen molar-refractivity contribution in [2.24, 2.45) is 0 Å². The van der Waals surface area contributed by atoms with E-state index < -0.39 is 49.5 Å². The van der Waals surface area contributed by atoms with Gasteiger partial charge in [-0.25, -0.2) is 0 Å². The fraction of sp³-hybridized carbons (Fsp3) is 0. The Kier molecular flexibility index (Phi) is 38.6. The van der Waals surface area contributed by atoms with Gasteiger partial charge in [-0.15, -0.1) is 0 Å². The van der Waals surface area contributed by atoms with Crippen LogP contribution in [0.2, 0.25) is 0 Å². The Morgan fingerprint density at radius 2 is 0.522 bits per heavy atom. The second-order valence-corrected chi connectivity index (χ2v) is 7.26. The third kappa shape index (κ3) is 59.0. The predicted octanol–water partition coefficient (Wildman–Crippen LogP) is -4.50.